The molecular formula is C19H25FN4O3. The molecule has 0 spiro atoms. The third-order valence-electron chi connectivity index (χ3n) is 5.06. The van der Waals surface area contributed by atoms with Crippen molar-refractivity contribution >= 4 is 22.8 Å². The van der Waals surface area contributed by atoms with Crippen molar-refractivity contribution in [1.29, 1.82) is 0 Å². The van der Waals surface area contributed by atoms with Crippen LogP contribution in [0, 0.1) is 5.82 Å². The maximum absolute atomic E-state index is 14.8. The highest BCUT2D eigenvalue weighted by Gasteiger charge is 2.29. The lowest BCUT2D eigenvalue weighted by Crippen LogP contribution is -2.32. The second-order valence-electron chi connectivity index (χ2n) is 8.23. The van der Waals surface area contributed by atoms with Gasteiger partial charge < -0.3 is 19.5 Å². The molecule has 0 bridgehead atoms. The first-order chi connectivity index (χ1) is 12.5. The summed E-state index contributed by atoms with van der Waals surface area (Å²) in [6.45, 7) is 6.96. The van der Waals surface area contributed by atoms with Gasteiger partial charge in [0.2, 0.25) is 5.43 Å². The van der Waals surface area contributed by atoms with Crippen molar-refractivity contribution in [2.45, 2.75) is 38.8 Å². The van der Waals surface area contributed by atoms with Gasteiger partial charge in [0.25, 0.3) is 0 Å². The molecule has 27 heavy (non-hydrogen) atoms. The number of hydrogen-bond acceptors (Lipinski definition) is 5. The molecule has 0 amide bonds. The van der Waals surface area contributed by atoms with E-state index in [9.17, 15) is 19.1 Å². The zero-order valence-corrected chi connectivity index (χ0v) is 16.3. The van der Waals surface area contributed by atoms with Crippen LogP contribution < -0.4 is 10.3 Å². The van der Waals surface area contributed by atoms with Crippen LogP contribution in [0.1, 0.15) is 37.6 Å². The fraction of sp³-hybridized carbons (Fsp3) is 0.526. The van der Waals surface area contributed by atoms with Crippen molar-refractivity contribution in [3.63, 3.8) is 0 Å². The Morgan fingerprint density at radius 1 is 1.37 bits per heavy atom. The number of anilines is 1. The molecule has 0 aromatic carbocycles. The van der Waals surface area contributed by atoms with Crippen molar-refractivity contribution in [3.05, 3.63) is 33.9 Å². The van der Waals surface area contributed by atoms with Gasteiger partial charge in [-0.1, -0.05) is 0 Å². The number of pyridine rings is 2. The maximum atomic E-state index is 14.8. The number of likely N-dealkylation sites (N-methyl/N-ethyl adjacent to an activating group) is 1. The van der Waals surface area contributed by atoms with E-state index in [0.29, 0.717) is 24.8 Å². The topological polar surface area (TPSA) is 78.7 Å². The molecule has 1 fully saturated rings. The second-order valence-corrected chi connectivity index (χ2v) is 8.23. The number of fused-ring (bicyclic) bond motifs is 1. The number of aromatic nitrogens is 2. The van der Waals surface area contributed by atoms with Crippen molar-refractivity contribution in [1.82, 2.24) is 14.5 Å². The summed E-state index contributed by atoms with van der Waals surface area (Å²) in [4.78, 5) is 32.5. The zero-order valence-electron chi connectivity index (χ0n) is 16.3. The monoisotopic (exact) mass is 376 g/mol. The number of halogens is 1. The van der Waals surface area contributed by atoms with E-state index in [1.165, 1.54) is 6.20 Å². The Balaban J connectivity index is 2.23. The quantitative estimate of drug-likeness (QED) is 0.884. The normalized spacial score (nSPS) is 17.9. The molecule has 3 rings (SSSR count). The summed E-state index contributed by atoms with van der Waals surface area (Å²) in [5.41, 5.74) is -1.35. The van der Waals surface area contributed by atoms with Crippen LogP contribution in [-0.4, -0.2) is 58.8 Å². The summed E-state index contributed by atoms with van der Waals surface area (Å²) >= 11 is 0. The van der Waals surface area contributed by atoms with Gasteiger partial charge in [0.05, 0.1) is 5.39 Å². The Hall–Kier alpha value is -2.48. The molecular weight excluding hydrogens is 351 g/mol. The van der Waals surface area contributed by atoms with E-state index in [2.05, 4.69) is 9.88 Å². The number of carboxylic acids is 1. The molecule has 1 unspecified atom stereocenters. The number of hydrogen-bond donors (Lipinski definition) is 1. The summed E-state index contributed by atoms with van der Waals surface area (Å²) in [7, 11) is 3.98. The van der Waals surface area contributed by atoms with E-state index in [1.54, 1.807) is 4.57 Å². The minimum atomic E-state index is -1.34. The molecule has 8 heteroatoms. The highest BCUT2D eigenvalue weighted by atomic mass is 19.1. The molecule has 0 radical (unpaired) electrons. The number of nitrogens with zero attached hydrogens (tertiary/aromatic N) is 4. The molecule has 0 saturated carbocycles. The standard InChI is InChI=1S/C19H25FN4O3/c1-19(2,3)24-10-13(18(26)27)15(25)12-8-14(20)17(21-16(12)24)23-7-6-11(9-23)22(4)5/h8,10-11H,6-7,9H2,1-5H3,(H,26,27). The van der Waals surface area contributed by atoms with Gasteiger partial charge in [-0.3, -0.25) is 4.79 Å². The van der Waals surface area contributed by atoms with Crippen molar-refractivity contribution in [2.75, 3.05) is 32.1 Å². The lowest BCUT2D eigenvalue weighted by atomic mass is 10.1. The Bertz CT molecular complexity index is 962. The van der Waals surface area contributed by atoms with Crippen LogP contribution in [0.4, 0.5) is 10.2 Å². The number of carbonyl (C=O) groups is 1. The van der Waals surface area contributed by atoms with Crippen molar-refractivity contribution < 1.29 is 14.3 Å². The van der Waals surface area contributed by atoms with Crippen LogP contribution in [0.25, 0.3) is 11.0 Å². The van der Waals surface area contributed by atoms with E-state index in [0.717, 1.165) is 12.5 Å². The van der Waals surface area contributed by atoms with E-state index in [4.69, 9.17) is 0 Å². The van der Waals surface area contributed by atoms with Gasteiger partial charge in [0.1, 0.15) is 11.2 Å². The summed E-state index contributed by atoms with van der Waals surface area (Å²) < 4.78 is 16.5. The minimum absolute atomic E-state index is 0.0190. The summed E-state index contributed by atoms with van der Waals surface area (Å²) in [5.74, 6) is -1.74. The molecule has 7 nitrogen and oxygen atoms in total. The molecule has 0 aliphatic carbocycles. The predicted molar refractivity (Wildman–Crippen MR) is 102 cm³/mol. The lowest BCUT2D eigenvalue weighted by Gasteiger charge is -2.27. The van der Waals surface area contributed by atoms with Crippen LogP contribution in [-0.2, 0) is 5.54 Å². The Kier molecular flexibility index (Phi) is 4.71. The maximum Gasteiger partial charge on any atom is 0.341 e. The molecule has 1 aliphatic rings. The van der Waals surface area contributed by atoms with Gasteiger partial charge in [-0.25, -0.2) is 14.2 Å². The van der Waals surface area contributed by atoms with E-state index >= 15 is 0 Å². The molecule has 2 aromatic rings. The molecule has 1 atom stereocenters. The Morgan fingerprint density at radius 3 is 2.56 bits per heavy atom. The number of carboxylic acid groups (broad SMARTS) is 1. The average Bonchev–Trinajstić information content (AvgIpc) is 3.03. The highest BCUT2D eigenvalue weighted by molar-refractivity contribution is 5.92. The summed E-state index contributed by atoms with van der Waals surface area (Å²) in [6.07, 6.45) is 2.20. The van der Waals surface area contributed by atoms with Gasteiger partial charge in [-0.2, -0.15) is 0 Å². The van der Waals surface area contributed by atoms with Gasteiger partial charge in [-0.05, 0) is 47.4 Å². The largest absolute Gasteiger partial charge is 0.477 e. The first kappa shape index (κ1) is 19.3. The summed E-state index contributed by atoms with van der Waals surface area (Å²) in [6, 6.07) is 1.43. The van der Waals surface area contributed by atoms with Gasteiger partial charge in [-0.15, -0.1) is 0 Å². The number of aromatic carboxylic acids is 1. The van der Waals surface area contributed by atoms with Gasteiger partial charge in [0.15, 0.2) is 11.6 Å². The SMILES string of the molecule is CN(C)C1CCN(c2nc3c(cc2F)c(=O)c(C(=O)O)cn3C(C)(C)C)C1. The second kappa shape index (κ2) is 6.60. The van der Waals surface area contributed by atoms with Crippen LogP contribution in [0.2, 0.25) is 0 Å². The molecule has 2 aromatic heterocycles. The fourth-order valence-corrected chi connectivity index (χ4v) is 3.46. The van der Waals surface area contributed by atoms with Crippen LogP contribution >= 0.6 is 0 Å². The van der Waals surface area contributed by atoms with Crippen molar-refractivity contribution in [3.8, 4) is 0 Å². The first-order valence-electron chi connectivity index (χ1n) is 8.91. The average molecular weight is 376 g/mol. The highest BCUT2D eigenvalue weighted by Crippen LogP contribution is 2.28. The van der Waals surface area contributed by atoms with Gasteiger partial charge >= 0.3 is 5.97 Å². The smallest absolute Gasteiger partial charge is 0.341 e. The van der Waals surface area contributed by atoms with Gasteiger partial charge in [0, 0.05) is 30.9 Å². The van der Waals surface area contributed by atoms with Crippen molar-refractivity contribution in [2.24, 2.45) is 0 Å². The predicted octanol–water partition coefficient (Wildman–Crippen LogP) is 2.13. The Labute approximate surface area is 157 Å². The molecule has 3 heterocycles. The lowest BCUT2D eigenvalue weighted by molar-refractivity contribution is 0.0694. The molecule has 1 aliphatic heterocycles. The summed E-state index contributed by atoms with van der Waals surface area (Å²) in [5, 5.41) is 9.33. The minimum Gasteiger partial charge on any atom is -0.477 e. The Morgan fingerprint density at radius 2 is 2.04 bits per heavy atom. The molecule has 146 valence electrons. The third-order valence-corrected chi connectivity index (χ3v) is 5.06. The van der Waals surface area contributed by atoms with E-state index < -0.39 is 22.8 Å². The first-order valence-corrected chi connectivity index (χ1v) is 8.91. The fourth-order valence-electron chi connectivity index (χ4n) is 3.46. The van der Waals surface area contributed by atoms with E-state index in [-0.39, 0.29) is 16.8 Å². The van der Waals surface area contributed by atoms with Crippen LogP contribution in [0.15, 0.2) is 17.1 Å². The zero-order chi connectivity index (χ0) is 20.1. The third kappa shape index (κ3) is 3.41. The molecule has 1 N–H and O–H groups in total. The van der Waals surface area contributed by atoms with E-state index in [1.807, 2.05) is 39.8 Å². The molecule has 1 saturated heterocycles. The number of rotatable bonds is 3. The van der Waals surface area contributed by atoms with Crippen LogP contribution in [0.3, 0.4) is 0 Å². The van der Waals surface area contributed by atoms with Crippen LogP contribution in [0.5, 0.6) is 0 Å².